The van der Waals surface area contributed by atoms with Gasteiger partial charge < -0.3 is 9.47 Å². The standard InChI is InChI=1S/C31H30BrCl2N3O3/c1-6-8-21-13-20(15-27(39-7-2)28(21)40-18-19-9-11-24(33)25(34)14-19)17-35-37-29(38)23-16-22(32)10-12-26(23)36-30(37)31(3,4)5/h6,9-17H,1,7-8,18H2,2-5H3. The first-order chi connectivity index (χ1) is 19.0. The van der Waals surface area contributed by atoms with Crippen molar-refractivity contribution in [3.8, 4) is 11.5 Å². The number of allylic oxidation sites excluding steroid dienone is 1. The number of hydrogen-bond acceptors (Lipinski definition) is 5. The zero-order valence-electron chi connectivity index (χ0n) is 22.8. The largest absolute Gasteiger partial charge is 0.490 e. The van der Waals surface area contributed by atoms with Crippen molar-refractivity contribution in [2.45, 2.75) is 46.1 Å². The number of rotatable bonds is 9. The van der Waals surface area contributed by atoms with Crippen LogP contribution in [0.25, 0.3) is 10.9 Å². The van der Waals surface area contributed by atoms with Gasteiger partial charge in [0, 0.05) is 15.5 Å². The molecule has 0 aliphatic carbocycles. The first kappa shape index (κ1) is 29.8. The Balaban J connectivity index is 1.77. The molecule has 0 saturated carbocycles. The third-order valence-corrected chi connectivity index (χ3v) is 7.22. The Morgan fingerprint density at radius 3 is 2.52 bits per heavy atom. The topological polar surface area (TPSA) is 65.7 Å². The van der Waals surface area contributed by atoms with Gasteiger partial charge in [-0.1, -0.05) is 72.0 Å². The first-order valence-electron chi connectivity index (χ1n) is 12.8. The number of ether oxygens (including phenoxy) is 2. The van der Waals surface area contributed by atoms with Crippen molar-refractivity contribution in [1.82, 2.24) is 9.66 Å². The van der Waals surface area contributed by atoms with Gasteiger partial charge in [-0.15, -0.1) is 6.58 Å². The molecule has 0 fully saturated rings. The summed E-state index contributed by atoms with van der Waals surface area (Å²) >= 11 is 15.7. The Morgan fingerprint density at radius 2 is 1.85 bits per heavy atom. The molecular weight excluding hydrogens is 613 g/mol. The lowest BCUT2D eigenvalue weighted by atomic mass is 9.95. The quantitative estimate of drug-likeness (QED) is 0.136. The molecule has 0 bridgehead atoms. The number of benzene rings is 3. The van der Waals surface area contributed by atoms with E-state index in [-0.39, 0.29) is 12.2 Å². The number of hydrogen-bond donors (Lipinski definition) is 0. The van der Waals surface area contributed by atoms with E-state index in [0.717, 1.165) is 21.2 Å². The fraction of sp³-hybridized carbons (Fsp3) is 0.258. The monoisotopic (exact) mass is 641 g/mol. The Bertz CT molecular complexity index is 1660. The number of nitrogens with zero attached hydrogens (tertiary/aromatic N) is 3. The van der Waals surface area contributed by atoms with Crippen LogP contribution >= 0.6 is 39.1 Å². The van der Waals surface area contributed by atoms with E-state index in [1.54, 1.807) is 30.5 Å². The molecule has 0 atom stereocenters. The molecule has 9 heteroatoms. The lowest BCUT2D eigenvalue weighted by molar-refractivity contribution is 0.267. The normalized spacial score (nSPS) is 11.8. The highest BCUT2D eigenvalue weighted by Gasteiger charge is 2.23. The van der Waals surface area contributed by atoms with Crippen molar-refractivity contribution in [1.29, 1.82) is 0 Å². The molecule has 4 aromatic rings. The lowest BCUT2D eigenvalue weighted by Gasteiger charge is -2.21. The SMILES string of the molecule is C=CCc1cc(C=Nn2c(C(C)(C)C)nc3ccc(Br)cc3c2=O)cc(OCC)c1OCc1ccc(Cl)c(Cl)c1. The van der Waals surface area contributed by atoms with E-state index in [0.29, 0.717) is 51.3 Å². The van der Waals surface area contributed by atoms with Crippen molar-refractivity contribution >= 4 is 56.2 Å². The molecule has 0 saturated heterocycles. The number of halogens is 3. The summed E-state index contributed by atoms with van der Waals surface area (Å²) in [5.41, 5.74) is 2.43. The van der Waals surface area contributed by atoms with Crippen LogP contribution < -0.4 is 15.0 Å². The van der Waals surface area contributed by atoms with Gasteiger partial charge in [0.15, 0.2) is 11.5 Å². The zero-order chi connectivity index (χ0) is 29.0. The van der Waals surface area contributed by atoms with E-state index in [1.807, 2.05) is 58.0 Å². The summed E-state index contributed by atoms with van der Waals surface area (Å²) in [6.45, 7) is 12.5. The molecule has 1 heterocycles. The van der Waals surface area contributed by atoms with Gasteiger partial charge >= 0.3 is 0 Å². The summed E-state index contributed by atoms with van der Waals surface area (Å²) in [6.07, 6.45) is 3.97. The van der Waals surface area contributed by atoms with E-state index in [4.69, 9.17) is 37.7 Å². The average Bonchev–Trinajstić information content (AvgIpc) is 2.89. The lowest BCUT2D eigenvalue weighted by Crippen LogP contribution is -2.29. The second-order valence-electron chi connectivity index (χ2n) is 10.2. The Morgan fingerprint density at radius 1 is 1.07 bits per heavy atom. The van der Waals surface area contributed by atoms with Crippen molar-refractivity contribution in [3.63, 3.8) is 0 Å². The molecule has 0 aliphatic heterocycles. The van der Waals surface area contributed by atoms with Crippen molar-refractivity contribution in [3.05, 3.63) is 109 Å². The van der Waals surface area contributed by atoms with Crippen LogP contribution in [0.2, 0.25) is 10.0 Å². The molecule has 1 aromatic heterocycles. The maximum Gasteiger partial charge on any atom is 0.282 e. The van der Waals surface area contributed by atoms with Crippen LogP contribution in [0, 0.1) is 0 Å². The fourth-order valence-electron chi connectivity index (χ4n) is 4.14. The highest BCUT2D eigenvalue weighted by molar-refractivity contribution is 9.10. The third kappa shape index (κ3) is 6.77. The average molecular weight is 643 g/mol. The van der Waals surface area contributed by atoms with E-state index in [1.165, 1.54) is 4.68 Å². The van der Waals surface area contributed by atoms with Crippen LogP contribution in [0.3, 0.4) is 0 Å². The summed E-state index contributed by atoms with van der Waals surface area (Å²) in [6, 6.07) is 14.6. The predicted molar refractivity (Wildman–Crippen MR) is 168 cm³/mol. The minimum Gasteiger partial charge on any atom is -0.490 e. The second kappa shape index (κ2) is 12.6. The van der Waals surface area contributed by atoms with Crippen molar-refractivity contribution < 1.29 is 9.47 Å². The predicted octanol–water partition coefficient (Wildman–Crippen LogP) is 8.35. The maximum absolute atomic E-state index is 13.5. The molecule has 40 heavy (non-hydrogen) atoms. The highest BCUT2D eigenvalue weighted by Crippen LogP contribution is 2.35. The summed E-state index contributed by atoms with van der Waals surface area (Å²) in [4.78, 5) is 18.3. The van der Waals surface area contributed by atoms with Crippen LogP contribution in [-0.2, 0) is 18.4 Å². The van der Waals surface area contributed by atoms with Gasteiger partial charge in [0.05, 0.1) is 33.8 Å². The number of fused-ring (bicyclic) bond motifs is 1. The molecule has 6 nitrogen and oxygen atoms in total. The molecular formula is C31H30BrCl2N3O3. The van der Waals surface area contributed by atoms with E-state index >= 15 is 0 Å². The zero-order valence-corrected chi connectivity index (χ0v) is 25.9. The Hall–Kier alpha value is -3.13. The molecule has 0 aliphatic rings. The van der Waals surface area contributed by atoms with Gasteiger partial charge in [-0.25, -0.2) is 4.98 Å². The molecule has 0 radical (unpaired) electrons. The van der Waals surface area contributed by atoms with Crippen LogP contribution in [0.15, 0.2) is 75.6 Å². The van der Waals surface area contributed by atoms with Gasteiger partial charge in [-0.05, 0) is 66.9 Å². The Labute approximate surface area is 252 Å². The van der Waals surface area contributed by atoms with Crippen LogP contribution in [0.5, 0.6) is 11.5 Å². The minimum absolute atomic E-state index is 0.245. The van der Waals surface area contributed by atoms with Gasteiger partial charge in [0.2, 0.25) is 0 Å². The number of aromatic nitrogens is 2. The summed E-state index contributed by atoms with van der Waals surface area (Å²) in [7, 11) is 0. The van der Waals surface area contributed by atoms with Crippen molar-refractivity contribution in [2.75, 3.05) is 6.61 Å². The van der Waals surface area contributed by atoms with E-state index < -0.39 is 5.41 Å². The Kier molecular flexibility index (Phi) is 9.39. The smallest absolute Gasteiger partial charge is 0.282 e. The van der Waals surface area contributed by atoms with E-state index in [9.17, 15) is 4.79 Å². The van der Waals surface area contributed by atoms with Crippen molar-refractivity contribution in [2.24, 2.45) is 5.10 Å². The second-order valence-corrected chi connectivity index (χ2v) is 11.9. The molecule has 0 N–H and O–H groups in total. The van der Waals surface area contributed by atoms with Crippen LogP contribution in [0.4, 0.5) is 0 Å². The molecule has 0 spiro atoms. The molecule has 208 valence electrons. The molecule has 3 aromatic carbocycles. The minimum atomic E-state index is -0.426. The summed E-state index contributed by atoms with van der Waals surface area (Å²) in [5, 5.41) is 6.05. The van der Waals surface area contributed by atoms with Gasteiger partial charge in [-0.3, -0.25) is 4.79 Å². The van der Waals surface area contributed by atoms with Gasteiger partial charge in [0.25, 0.3) is 5.56 Å². The van der Waals surface area contributed by atoms with E-state index in [2.05, 4.69) is 27.6 Å². The fourth-order valence-corrected chi connectivity index (χ4v) is 4.82. The highest BCUT2D eigenvalue weighted by atomic mass is 79.9. The van der Waals surface area contributed by atoms with Gasteiger partial charge in [0.1, 0.15) is 12.4 Å². The first-order valence-corrected chi connectivity index (χ1v) is 14.3. The third-order valence-electron chi connectivity index (χ3n) is 5.99. The summed E-state index contributed by atoms with van der Waals surface area (Å²) in [5.74, 6) is 1.73. The van der Waals surface area contributed by atoms with Crippen LogP contribution in [0.1, 0.15) is 50.2 Å². The molecule has 0 unspecified atom stereocenters. The van der Waals surface area contributed by atoms with Crippen LogP contribution in [-0.4, -0.2) is 22.5 Å². The molecule has 0 amide bonds. The van der Waals surface area contributed by atoms with Gasteiger partial charge in [-0.2, -0.15) is 9.78 Å². The maximum atomic E-state index is 13.5. The molecule has 4 rings (SSSR count). The summed E-state index contributed by atoms with van der Waals surface area (Å²) < 4.78 is 14.4.